The second-order valence-electron chi connectivity index (χ2n) is 6.13. The number of nitrogens with one attached hydrogen (secondary N) is 2. The highest BCUT2D eigenvalue weighted by atomic mass is 16.5. The van der Waals surface area contributed by atoms with Crippen molar-refractivity contribution in [3.63, 3.8) is 0 Å². The Morgan fingerprint density at radius 3 is 1.97 bits per heavy atom. The molecule has 0 bridgehead atoms. The zero-order valence-electron chi connectivity index (χ0n) is 16.6. The third-order valence-electron chi connectivity index (χ3n) is 4.14. The number of carbonyl (C=O) groups is 1. The van der Waals surface area contributed by atoms with E-state index in [-0.39, 0.29) is 5.91 Å². The van der Waals surface area contributed by atoms with Gasteiger partial charge in [0.25, 0.3) is 5.91 Å². The standard InChI is InChI=1S/C21H22N4O4/c1-13-5-10-19(25-24-13)22-15-6-8-16(9-7-15)23-21(26)14-11-17(27-2)20(29-4)18(12-14)28-3/h5-12H,1-4H3,(H,22,25)(H,23,26). The van der Waals surface area contributed by atoms with E-state index in [4.69, 9.17) is 14.2 Å². The van der Waals surface area contributed by atoms with Crippen LogP contribution in [-0.2, 0) is 0 Å². The summed E-state index contributed by atoms with van der Waals surface area (Å²) in [7, 11) is 4.52. The van der Waals surface area contributed by atoms with Crippen LogP contribution in [0.25, 0.3) is 0 Å². The molecule has 0 spiro atoms. The quantitative estimate of drug-likeness (QED) is 0.629. The van der Waals surface area contributed by atoms with Crippen molar-refractivity contribution in [2.45, 2.75) is 6.92 Å². The summed E-state index contributed by atoms with van der Waals surface area (Å²) in [5.74, 6) is 1.60. The summed E-state index contributed by atoms with van der Waals surface area (Å²) < 4.78 is 15.9. The number of methoxy groups -OCH3 is 3. The van der Waals surface area contributed by atoms with E-state index in [2.05, 4.69) is 20.8 Å². The summed E-state index contributed by atoms with van der Waals surface area (Å²) in [5, 5.41) is 14.1. The van der Waals surface area contributed by atoms with Crippen molar-refractivity contribution < 1.29 is 19.0 Å². The smallest absolute Gasteiger partial charge is 0.255 e. The highest BCUT2D eigenvalue weighted by molar-refractivity contribution is 6.05. The molecule has 0 atom stereocenters. The minimum Gasteiger partial charge on any atom is -0.493 e. The zero-order valence-corrected chi connectivity index (χ0v) is 16.6. The van der Waals surface area contributed by atoms with Crippen LogP contribution in [0.5, 0.6) is 17.2 Å². The first-order valence-corrected chi connectivity index (χ1v) is 8.83. The van der Waals surface area contributed by atoms with Crippen molar-refractivity contribution in [1.82, 2.24) is 10.2 Å². The molecule has 0 aliphatic carbocycles. The van der Waals surface area contributed by atoms with Gasteiger partial charge in [0.05, 0.1) is 27.0 Å². The largest absolute Gasteiger partial charge is 0.493 e. The third kappa shape index (κ3) is 4.73. The molecule has 0 fully saturated rings. The predicted octanol–water partition coefficient (Wildman–Crippen LogP) is 3.81. The maximum Gasteiger partial charge on any atom is 0.255 e. The topological polar surface area (TPSA) is 94.6 Å². The average Bonchev–Trinajstić information content (AvgIpc) is 2.75. The molecule has 3 rings (SSSR count). The fourth-order valence-corrected chi connectivity index (χ4v) is 2.67. The number of benzene rings is 2. The minimum absolute atomic E-state index is 0.297. The molecular formula is C21H22N4O4. The Labute approximate surface area is 168 Å². The summed E-state index contributed by atoms with van der Waals surface area (Å²) in [5.41, 5.74) is 2.70. The van der Waals surface area contributed by atoms with Crippen LogP contribution in [0.1, 0.15) is 16.1 Å². The highest BCUT2D eigenvalue weighted by Crippen LogP contribution is 2.38. The van der Waals surface area contributed by atoms with Crippen LogP contribution in [0.3, 0.4) is 0 Å². The Bertz CT molecular complexity index is 964. The lowest BCUT2D eigenvalue weighted by atomic mass is 10.1. The lowest BCUT2D eigenvalue weighted by Gasteiger charge is -2.14. The van der Waals surface area contributed by atoms with Crippen molar-refractivity contribution >= 4 is 23.1 Å². The number of carbonyl (C=O) groups excluding carboxylic acids is 1. The van der Waals surface area contributed by atoms with Gasteiger partial charge in [-0.05, 0) is 55.5 Å². The lowest BCUT2D eigenvalue weighted by molar-refractivity contribution is 0.102. The number of amides is 1. The first-order valence-electron chi connectivity index (χ1n) is 8.83. The number of rotatable bonds is 7. The van der Waals surface area contributed by atoms with E-state index in [1.807, 2.05) is 31.2 Å². The summed E-state index contributed by atoms with van der Waals surface area (Å²) in [6, 6.07) is 14.2. The van der Waals surface area contributed by atoms with Crippen molar-refractivity contribution in [2.24, 2.45) is 0 Å². The molecule has 29 heavy (non-hydrogen) atoms. The second-order valence-corrected chi connectivity index (χ2v) is 6.13. The maximum atomic E-state index is 12.7. The molecule has 2 N–H and O–H groups in total. The molecule has 0 aliphatic heterocycles. The van der Waals surface area contributed by atoms with Gasteiger partial charge in [0.15, 0.2) is 17.3 Å². The molecule has 1 heterocycles. The first kappa shape index (κ1) is 19.9. The highest BCUT2D eigenvalue weighted by Gasteiger charge is 2.17. The lowest BCUT2D eigenvalue weighted by Crippen LogP contribution is -2.12. The van der Waals surface area contributed by atoms with Gasteiger partial charge in [-0.3, -0.25) is 4.79 Å². The molecular weight excluding hydrogens is 372 g/mol. The second kappa shape index (κ2) is 8.92. The number of hydrogen-bond donors (Lipinski definition) is 2. The number of aryl methyl sites for hydroxylation is 1. The van der Waals surface area contributed by atoms with E-state index in [1.54, 1.807) is 24.3 Å². The van der Waals surface area contributed by atoms with Gasteiger partial charge < -0.3 is 24.8 Å². The molecule has 3 aromatic rings. The number of ether oxygens (including phenoxy) is 3. The molecule has 0 saturated carbocycles. The van der Waals surface area contributed by atoms with Gasteiger partial charge in [0, 0.05) is 16.9 Å². The molecule has 2 aromatic carbocycles. The SMILES string of the molecule is COc1cc(C(=O)Nc2ccc(Nc3ccc(C)nn3)cc2)cc(OC)c1OC. The Hall–Kier alpha value is -3.81. The number of nitrogens with zero attached hydrogens (tertiary/aromatic N) is 2. The van der Waals surface area contributed by atoms with Crippen molar-refractivity contribution in [3.05, 3.63) is 59.8 Å². The van der Waals surface area contributed by atoms with Crippen LogP contribution in [0.2, 0.25) is 0 Å². The Balaban J connectivity index is 1.73. The fraction of sp³-hybridized carbons (Fsp3) is 0.190. The van der Waals surface area contributed by atoms with Crippen LogP contribution in [-0.4, -0.2) is 37.4 Å². The van der Waals surface area contributed by atoms with E-state index in [0.29, 0.717) is 34.3 Å². The van der Waals surface area contributed by atoms with Gasteiger partial charge >= 0.3 is 0 Å². The van der Waals surface area contributed by atoms with Crippen molar-refractivity contribution in [2.75, 3.05) is 32.0 Å². The maximum absolute atomic E-state index is 12.7. The normalized spacial score (nSPS) is 10.2. The van der Waals surface area contributed by atoms with Gasteiger partial charge in [-0.2, -0.15) is 5.10 Å². The molecule has 0 unspecified atom stereocenters. The molecule has 8 heteroatoms. The van der Waals surface area contributed by atoms with Gasteiger partial charge in [-0.25, -0.2) is 0 Å². The van der Waals surface area contributed by atoms with Crippen LogP contribution >= 0.6 is 0 Å². The van der Waals surface area contributed by atoms with Crippen molar-refractivity contribution in [3.8, 4) is 17.2 Å². The molecule has 8 nitrogen and oxygen atoms in total. The zero-order chi connectivity index (χ0) is 20.8. The monoisotopic (exact) mass is 394 g/mol. The average molecular weight is 394 g/mol. The number of anilines is 3. The van der Waals surface area contributed by atoms with E-state index in [1.165, 1.54) is 21.3 Å². The van der Waals surface area contributed by atoms with Gasteiger partial charge in [0.2, 0.25) is 5.75 Å². The molecule has 0 aliphatic rings. The molecule has 1 amide bonds. The third-order valence-corrected chi connectivity index (χ3v) is 4.14. The molecule has 150 valence electrons. The Morgan fingerprint density at radius 1 is 0.828 bits per heavy atom. The van der Waals surface area contributed by atoms with Crippen molar-refractivity contribution in [1.29, 1.82) is 0 Å². The minimum atomic E-state index is -0.297. The van der Waals surface area contributed by atoms with Crippen LogP contribution in [0.4, 0.5) is 17.2 Å². The molecule has 0 radical (unpaired) electrons. The summed E-state index contributed by atoms with van der Waals surface area (Å²) >= 11 is 0. The van der Waals surface area contributed by atoms with Gasteiger partial charge in [-0.1, -0.05) is 0 Å². The van der Waals surface area contributed by atoms with Crippen LogP contribution in [0.15, 0.2) is 48.5 Å². The van der Waals surface area contributed by atoms with Crippen LogP contribution < -0.4 is 24.8 Å². The molecule has 0 saturated heterocycles. The first-order chi connectivity index (χ1) is 14.0. The van der Waals surface area contributed by atoms with E-state index < -0.39 is 0 Å². The Morgan fingerprint density at radius 2 is 1.45 bits per heavy atom. The summed E-state index contributed by atoms with van der Waals surface area (Å²) in [4.78, 5) is 12.7. The Kier molecular flexibility index (Phi) is 6.13. The van der Waals surface area contributed by atoms with E-state index in [9.17, 15) is 4.79 Å². The van der Waals surface area contributed by atoms with Crippen LogP contribution in [0, 0.1) is 6.92 Å². The van der Waals surface area contributed by atoms with Gasteiger partial charge in [0.1, 0.15) is 0 Å². The number of aromatic nitrogens is 2. The fourth-order valence-electron chi connectivity index (χ4n) is 2.67. The number of hydrogen-bond acceptors (Lipinski definition) is 7. The summed E-state index contributed by atoms with van der Waals surface area (Å²) in [6.07, 6.45) is 0. The van der Waals surface area contributed by atoms with E-state index in [0.717, 1.165) is 11.4 Å². The van der Waals surface area contributed by atoms with Gasteiger partial charge in [-0.15, -0.1) is 5.10 Å². The summed E-state index contributed by atoms with van der Waals surface area (Å²) in [6.45, 7) is 1.88. The predicted molar refractivity (Wildman–Crippen MR) is 111 cm³/mol. The molecule has 1 aromatic heterocycles. The van der Waals surface area contributed by atoms with E-state index >= 15 is 0 Å².